The Labute approximate surface area is 127 Å². The summed E-state index contributed by atoms with van der Waals surface area (Å²) in [6.45, 7) is 8.60. The molecular weight excluding hydrogens is 266 g/mol. The van der Waals surface area contributed by atoms with Crippen LogP contribution < -0.4 is 5.73 Å². The fourth-order valence-corrected chi connectivity index (χ4v) is 2.98. The van der Waals surface area contributed by atoms with Crippen molar-refractivity contribution in [1.29, 1.82) is 0 Å². The Morgan fingerprint density at radius 1 is 1.05 bits per heavy atom. The lowest BCUT2D eigenvalue weighted by atomic mass is 9.98. The van der Waals surface area contributed by atoms with Crippen LogP contribution in [-0.4, -0.2) is 48.0 Å². The Kier molecular flexibility index (Phi) is 5.13. The molecule has 2 N–H and O–H groups in total. The Balaban J connectivity index is 2.18. The Morgan fingerprint density at radius 2 is 1.55 bits per heavy atom. The summed E-state index contributed by atoms with van der Waals surface area (Å²) in [4.78, 5) is 5.31. The van der Waals surface area contributed by atoms with Gasteiger partial charge in [-0.3, -0.25) is 4.90 Å². The Bertz CT molecular complexity index is 447. The quantitative estimate of drug-likeness (QED) is 0.863. The van der Waals surface area contributed by atoms with Crippen molar-refractivity contribution in [3.8, 4) is 0 Å². The van der Waals surface area contributed by atoms with E-state index in [0.29, 0.717) is 10.9 Å². The summed E-state index contributed by atoms with van der Waals surface area (Å²) in [5, 5.41) is 0. The van der Waals surface area contributed by atoms with E-state index < -0.39 is 0 Å². The highest BCUT2D eigenvalue weighted by atomic mass is 32.1. The van der Waals surface area contributed by atoms with Crippen molar-refractivity contribution in [2.75, 3.05) is 33.2 Å². The summed E-state index contributed by atoms with van der Waals surface area (Å²) < 4.78 is 0. The maximum absolute atomic E-state index is 6.01. The topological polar surface area (TPSA) is 32.5 Å². The average molecular weight is 291 g/mol. The molecule has 20 heavy (non-hydrogen) atoms. The fourth-order valence-electron chi connectivity index (χ4n) is 2.70. The summed E-state index contributed by atoms with van der Waals surface area (Å²) in [7, 11) is 2.16. The molecule has 1 saturated heterocycles. The summed E-state index contributed by atoms with van der Waals surface area (Å²) in [6.07, 6.45) is 0. The molecule has 110 valence electrons. The molecule has 1 aromatic rings. The number of thiocarbonyl (C=S) groups is 1. The van der Waals surface area contributed by atoms with E-state index in [-0.39, 0.29) is 6.04 Å². The first-order valence-electron chi connectivity index (χ1n) is 7.31. The van der Waals surface area contributed by atoms with Crippen LogP contribution in [0.3, 0.4) is 0 Å². The predicted molar refractivity (Wildman–Crippen MR) is 89.1 cm³/mol. The van der Waals surface area contributed by atoms with Gasteiger partial charge in [-0.15, -0.1) is 0 Å². The molecule has 1 heterocycles. The van der Waals surface area contributed by atoms with Crippen LogP contribution in [0.4, 0.5) is 0 Å². The number of nitrogens with two attached hydrogens (primary N) is 1. The van der Waals surface area contributed by atoms with Crippen molar-refractivity contribution in [1.82, 2.24) is 9.80 Å². The molecule has 0 radical (unpaired) electrons. The zero-order valence-corrected chi connectivity index (χ0v) is 13.5. The normalized spacial score (nSPS) is 19.2. The summed E-state index contributed by atoms with van der Waals surface area (Å²) in [6, 6.07) is 8.82. The van der Waals surface area contributed by atoms with Gasteiger partial charge in [0.05, 0.1) is 11.0 Å². The molecule has 4 heteroatoms. The van der Waals surface area contributed by atoms with E-state index >= 15 is 0 Å². The van der Waals surface area contributed by atoms with Gasteiger partial charge in [-0.2, -0.15) is 0 Å². The zero-order valence-electron chi connectivity index (χ0n) is 12.7. The standard InChI is InChI=1S/C16H25N3S/c1-12(2)13-4-6-14(7-5-13)15(16(17)20)19-10-8-18(3)9-11-19/h4-7,12,15H,8-11H2,1-3H3,(H2,17,20). The average Bonchev–Trinajstić information content (AvgIpc) is 2.41. The van der Waals surface area contributed by atoms with E-state index in [1.165, 1.54) is 11.1 Å². The van der Waals surface area contributed by atoms with Gasteiger partial charge in [0.2, 0.25) is 0 Å². The van der Waals surface area contributed by atoms with Crippen molar-refractivity contribution in [3.63, 3.8) is 0 Å². The third-order valence-corrected chi connectivity index (χ3v) is 4.31. The van der Waals surface area contributed by atoms with Crippen molar-refractivity contribution >= 4 is 17.2 Å². The third kappa shape index (κ3) is 3.57. The largest absolute Gasteiger partial charge is 0.392 e. The summed E-state index contributed by atoms with van der Waals surface area (Å²) >= 11 is 5.32. The second-order valence-corrected chi connectivity index (χ2v) is 6.44. The van der Waals surface area contributed by atoms with E-state index in [1.807, 2.05) is 0 Å². The van der Waals surface area contributed by atoms with Gasteiger partial charge in [0.25, 0.3) is 0 Å². The first kappa shape index (κ1) is 15.4. The minimum atomic E-state index is 0.0694. The van der Waals surface area contributed by atoms with E-state index in [4.69, 9.17) is 18.0 Å². The lowest BCUT2D eigenvalue weighted by molar-refractivity contribution is 0.137. The lowest BCUT2D eigenvalue weighted by Gasteiger charge is -2.37. The van der Waals surface area contributed by atoms with Gasteiger partial charge in [0, 0.05) is 26.2 Å². The smallest absolute Gasteiger partial charge is 0.0948 e. The highest BCUT2D eigenvalue weighted by Gasteiger charge is 2.25. The van der Waals surface area contributed by atoms with Crippen LogP contribution in [0.5, 0.6) is 0 Å². The van der Waals surface area contributed by atoms with Gasteiger partial charge in [-0.05, 0) is 24.1 Å². The van der Waals surface area contributed by atoms with Gasteiger partial charge in [-0.1, -0.05) is 50.3 Å². The van der Waals surface area contributed by atoms with Crippen molar-refractivity contribution < 1.29 is 0 Å². The lowest BCUT2D eigenvalue weighted by Crippen LogP contribution is -2.48. The molecule has 0 amide bonds. The molecule has 1 aliphatic rings. The number of hydrogen-bond donors (Lipinski definition) is 1. The van der Waals surface area contributed by atoms with Gasteiger partial charge in [-0.25, -0.2) is 0 Å². The number of hydrogen-bond acceptors (Lipinski definition) is 3. The van der Waals surface area contributed by atoms with Crippen LogP contribution in [0.1, 0.15) is 36.9 Å². The first-order chi connectivity index (χ1) is 9.49. The molecule has 1 fully saturated rings. The van der Waals surface area contributed by atoms with Crippen LogP contribution in [-0.2, 0) is 0 Å². The molecule has 2 rings (SSSR count). The molecule has 3 nitrogen and oxygen atoms in total. The minimum Gasteiger partial charge on any atom is -0.392 e. The molecule has 1 aliphatic heterocycles. The Morgan fingerprint density at radius 3 is 2.00 bits per heavy atom. The molecule has 0 aromatic heterocycles. The fraction of sp³-hybridized carbons (Fsp3) is 0.562. The van der Waals surface area contributed by atoms with E-state index in [1.54, 1.807) is 0 Å². The molecule has 1 aromatic carbocycles. The van der Waals surface area contributed by atoms with Crippen LogP contribution in [0.25, 0.3) is 0 Å². The molecule has 0 bridgehead atoms. The van der Waals surface area contributed by atoms with Crippen LogP contribution in [0.2, 0.25) is 0 Å². The highest BCUT2D eigenvalue weighted by molar-refractivity contribution is 7.80. The number of likely N-dealkylation sites (N-methyl/N-ethyl adjacent to an activating group) is 1. The molecule has 1 atom stereocenters. The molecule has 0 saturated carbocycles. The second kappa shape index (κ2) is 6.66. The van der Waals surface area contributed by atoms with Crippen LogP contribution >= 0.6 is 12.2 Å². The summed E-state index contributed by atoms with van der Waals surface area (Å²) in [5.41, 5.74) is 8.58. The SMILES string of the molecule is CC(C)c1ccc(C(C(N)=S)N2CCN(C)CC2)cc1. The molecule has 1 unspecified atom stereocenters. The number of nitrogens with zero attached hydrogens (tertiary/aromatic N) is 2. The molecule has 0 spiro atoms. The highest BCUT2D eigenvalue weighted by Crippen LogP contribution is 2.24. The number of piperazine rings is 1. The van der Waals surface area contributed by atoms with Gasteiger partial charge >= 0.3 is 0 Å². The number of benzene rings is 1. The zero-order chi connectivity index (χ0) is 14.7. The van der Waals surface area contributed by atoms with Crippen LogP contribution in [0.15, 0.2) is 24.3 Å². The predicted octanol–water partition coefficient (Wildman–Crippen LogP) is 2.38. The minimum absolute atomic E-state index is 0.0694. The van der Waals surface area contributed by atoms with Gasteiger partial charge < -0.3 is 10.6 Å². The van der Waals surface area contributed by atoms with E-state index in [9.17, 15) is 0 Å². The van der Waals surface area contributed by atoms with Crippen LogP contribution in [0, 0.1) is 0 Å². The van der Waals surface area contributed by atoms with E-state index in [2.05, 4.69) is 55.0 Å². The molecule has 0 aliphatic carbocycles. The summed E-state index contributed by atoms with van der Waals surface area (Å²) in [5.74, 6) is 0.552. The second-order valence-electron chi connectivity index (χ2n) is 5.97. The Hall–Kier alpha value is -0.970. The molecular formula is C16H25N3S. The number of rotatable bonds is 4. The monoisotopic (exact) mass is 291 g/mol. The van der Waals surface area contributed by atoms with Gasteiger partial charge in [0.15, 0.2) is 0 Å². The maximum Gasteiger partial charge on any atom is 0.0948 e. The van der Waals surface area contributed by atoms with E-state index in [0.717, 1.165) is 26.2 Å². The third-order valence-electron chi connectivity index (χ3n) is 4.09. The first-order valence-corrected chi connectivity index (χ1v) is 7.71. The van der Waals surface area contributed by atoms with Crippen molar-refractivity contribution in [2.45, 2.75) is 25.8 Å². The van der Waals surface area contributed by atoms with Crippen molar-refractivity contribution in [2.24, 2.45) is 5.73 Å². The van der Waals surface area contributed by atoms with Gasteiger partial charge in [0.1, 0.15) is 0 Å². The van der Waals surface area contributed by atoms with Crippen molar-refractivity contribution in [3.05, 3.63) is 35.4 Å². The maximum atomic E-state index is 6.01.